The van der Waals surface area contributed by atoms with Crippen LogP contribution in [0.1, 0.15) is 49.9 Å². The molecule has 5 nitrogen and oxygen atoms in total. The number of carbonyl (C=O) groups excluding carboxylic acids is 1. The van der Waals surface area contributed by atoms with Crippen LogP contribution in [-0.4, -0.2) is 22.6 Å². The van der Waals surface area contributed by atoms with E-state index >= 15 is 0 Å². The fourth-order valence-electron chi connectivity index (χ4n) is 2.78. The van der Waals surface area contributed by atoms with Crippen molar-refractivity contribution in [2.24, 2.45) is 11.8 Å². The highest BCUT2D eigenvalue weighted by molar-refractivity contribution is 7.15. The SMILES string of the molecule is Cc1nnc(NC(=O)CNC(c2ccc(CC(C)C)cc2)C(C)C)s1. The fraction of sp³-hybridized carbons (Fsp3) is 0.526. The topological polar surface area (TPSA) is 66.9 Å². The number of carbonyl (C=O) groups is 1. The van der Waals surface area contributed by atoms with E-state index in [0.717, 1.165) is 11.4 Å². The van der Waals surface area contributed by atoms with Crippen LogP contribution in [0.2, 0.25) is 0 Å². The lowest BCUT2D eigenvalue weighted by Gasteiger charge is -2.23. The Morgan fingerprint density at radius 2 is 1.80 bits per heavy atom. The second kappa shape index (κ2) is 9.06. The molecule has 1 amide bonds. The maximum absolute atomic E-state index is 12.1. The maximum atomic E-state index is 12.1. The minimum absolute atomic E-state index is 0.0989. The zero-order valence-electron chi connectivity index (χ0n) is 15.7. The third-order valence-corrected chi connectivity index (χ3v) is 4.66. The van der Waals surface area contributed by atoms with Gasteiger partial charge in [-0.3, -0.25) is 10.1 Å². The average Bonchev–Trinajstić information content (AvgIpc) is 2.93. The summed E-state index contributed by atoms with van der Waals surface area (Å²) in [6.45, 7) is 10.9. The largest absolute Gasteiger partial charge is 0.301 e. The number of aromatic nitrogens is 2. The molecule has 25 heavy (non-hydrogen) atoms. The number of benzene rings is 1. The van der Waals surface area contributed by atoms with Crippen molar-refractivity contribution in [3.05, 3.63) is 40.4 Å². The predicted octanol–water partition coefficient (Wildman–Crippen LogP) is 3.97. The molecule has 0 saturated heterocycles. The number of anilines is 1. The van der Waals surface area contributed by atoms with Crippen LogP contribution in [0.15, 0.2) is 24.3 Å². The molecule has 1 atom stereocenters. The smallest absolute Gasteiger partial charge is 0.240 e. The maximum Gasteiger partial charge on any atom is 0.240 e. The quantitative estimate of drug-likeness (QED) is 0.747. The van der Waals surface area contributed by atoms with Gasteiger partial charge in [0, 0.05) is 6.04 Å². The molecule has 1 aromatic heterocycles. The monoisotopic (exact) mass is 360 g/mol. The van der Waals surface area contributed by atoms with Crippen molar-refractivity contribution in [3.63, 3.8) is 0 Å². The Labute approximate surface area is 154 Å². The van der Waals surface area contributed by atoms with E-state index in [-0.39, 0.29) is 18.5 Å². The van der Waals surface area contributed by atoms with Gasteiger partial charge >= 0.3 is 0 Å². The van der Waals surface area contributed by atoms with Gasteiger partial charge < -0.3 is 5.32 Å². The summed E-state index contributed by atoms with van der Waals surface area (Å²) in [5.74, 6) is 0.934. The Bertz CT molecular complexity index is 679. The minimum atomic E-state index is -0.0989. The minimum Gasteiger partial charge on any atom is -0.301 e. The molecule has 2 N–H and O–H groups in total. The number of hydrogen-bond donors (Lipinski definition) is 2. The number of nitrogens with zero attached hydrogens (tertiary/aromatic N) is 2. The molecular weight excluding hydrogens is 332 g/mol. The number of aryl methyl sites for hydroxylation is 1. The molecule has 6 heteroatoms. The zero-order valence-corrected chi connectivity index (χ0v) is 16.5. The summed E-state index contributed by atoms with van der Waals surface area (Å²) in [4.78, 5) is 12.1. The van der Waals surface area contributed by atoms with Gasteiger partial charge in [0.2, 0.25) is 11.0 Å². The van der Waals surface area contributed by atoms with Crippen molar-refractivity contribution in [1.29, 1.82) is 0 Å². The predicted molar refractivity (Wildman–Crippen MR) is 104 cm³/mol. The van der Waals surface area contributed by atoms with E-state index in [1.165, 1.54) is 22.5 Å². The summed E-state index contributed by atoms with van der Waals surface area (Å²) < 4.78 is 0. The van der Waals surface area contributed by atoms with Crippen LogP contribution in [0.25, 0.3) is 0 Å². The first kappa shape index (κ1) is 19.5. The van der Waals surface area contributed by atoms with Gasteiger partial charge in [-0.05, 0) is 36.3 Å². The molecular formula is C19H28N4OS. The first-order chi connectivity index (χ1) is 11.8. The van der Waals surface area contributed by atoms with Crippen molar-refractivity contribution >= 4 is 22.4 Å². The van der Waals surface area contributed by atoms with Gasteiger partial charge in [-0.25, -0.2) is 0 Å². The van der Waals surface area contributed by atoms with Crippen LogP contribution in [-0.2, 0) is 11.2 Å². The Kier molecular flexibility index (Phi) is 7.08. The van der Waals surface area contributed by atoms with Crippen LogP contribution in [0.3, 0.4) is 0 Å². The molecule has 1 aromatic carbocycles. The van der Waals surface area contributed by atoms with Crippen molar-refractivity contribution < 1.29 is 4.79 Å². The lowest BCUT2D eigenvalue weighted by Crippen LogP contribution is -2.33. The summed E-state index contributed by atoms with van der Waals surface area (Å²) in [5.41, 5.74) is 2.56. The standard InChI is InChI=1S/C19H28N4OS/c1-12(2)10-15-6-8-16(9-7-15)18(13(3)4)20-11-17(24)21-19-23-22-14(5)25-19/h6-9,12-13,18,20H,10-11H2,1-5H3,(H,21,23,24). The van der Waals surface area contributed by atoms with E-state index in [0.29, 0.717) is 17.0 Å². The first-order valence-electron chi connectivity index (χ1n) is 8.77. The molecule has 0 aliphatic carbocycles. The molecule has 0 saturated carbocycles. The van der Waals surface area contributed by atoms with Gasteiger partial charge in [0.05, 0.1) is 6.54 Å². The Morgan fingerprint density at radius 1 is 1.12 bits per heavy atom. The van der Waals surface area contributed by atoms with Crippen molar-refractivity contribution in [1.82, 2.24) is 15.5 Å². The average molecular weight is 361 g/mol. The van der Waals surface area contributed by atoms with Crippen LogP contribution in [0, 0.1) is 18.8 Å². The van der Waals surface area contributed by atoms with E-state index in [1.807, 2.05) is 6.92 Å². The van der Waals surface area contributed by atoms with Crippen LogP contribution >= 0.6 is 11.3 Å². The second-order valence-corrected chi connectivity index (χ2v) is 8.30. The molecule has 0 aliphatic rings. The van der Waals surface area contributed by atoms with Crippen LogP contribution in [0.4, 0.5) is 5.13 Å². The molecule has 0 radical (unpaired) electrons. The van der Waals surface area contributed by atoms with Crippen molar-refractivity contribution in [2.75, 3.05) is 11.9 Å². The summed E-state index contributed by atoms with van der Waals surface area (Å²) in [5, 5.41) is 15.4. The van der Waals surface area contributed by atoms with Gasteiger partial charge in [0.1, 0.15) is 5.01 Å². The molecule has 2 aromatic rings. The van der Waals surface area contributed by atoms with E-state index in [1.54, 1.807) is 0 Å². The lowest BCUT2D eigenvalue weighted by molar-refractivity contribution is -0.115. The second-order valence-electron chi connectivity index (χ2n) is 7.12. The Balaban J connectivity index is 1.94. The highest BCUT2D eigenvalue weighted by atomic mass is 32.1. The van der Waals surface area contributed by atoms with E-state index in [2.05, 4.69) is 72.8 Å². The molecule has 136 valence electrons. The van der Waals surface area contributed by atoms with Gasteiger partial charge in [-0.15, -0.1) is 10.2 Å². The zero-order chi connectivity index (χ0) is 18.4. The summed E-state index contributed by atoms with van der Waals surface area (Å²) in [6, 6.07) is 8.85. The molecule has 1 heterocycles. The van der Waals surface area contributed by atoms with Gasteiger partial charge in [0.25, 0.3) is 0 Å². The molecule has 0 bridgehead atoms. The third-order valence-electron chi connectivity index (χ3n) is 3.90. The van der Waals surface area contributed by atoms with Crippen LogP contribution in [0.5, 0.6) is 0 Å². The molecule has 2 rings (SSSR count). The number of nitrogens with one attached hydrogen (secondary N) is 2. The van der Waals surface area contributed by atoms with E-state index < -0.39 is 0 Å². The summed E-state index contributed by atoms with van der Waals surface area (Å²) in [7, 11) is 0. The van der Waals surface area contributed by atoms with Gasteiger partial charge in [-0.2, -0.15) is 0 Å². The molecule has 0 aliphatic heterocycles. The Morgan fingerprint density at radius 3 is 2.32 bits per heavy atom. The molecule has 0 spiro atoms. The van der Waals surface area contributed by atoms with Gasteiger partial charge in [0.15, 0.2) is 0 Å². The third kappa shape index (κ3) is 6.21. The fourth-order valence-corrected chi connectivity index (χ4v) is 3.39. The number of amides is 1. The van der Waals surface area contributed by atoms with E-state index in [4.69, 9.17) is 0 Å². The normalized spacial score (nSPS) is 12.6. The molecule has 1 unspecified atom stereocenters. The lowest BCUT2D eigenvalue weighted by atomic mass is 9.94. The van der Waals surface area contributed by atoms with E-state index in [9.17, 15) is 4.79 Å². The highest BCUT2D eigenvalue weighted by Crippen LogP contribution is 2.22. The number of rotatable bonds is 8. The van der Waals surface area contributed by atoms with Crippen molar-refractivity contribution in [3.8, 4) is 0 Å². The molecule has 0 fully saturated rings. The summed E-state index contributed by atoms with van der Waals surface area (Å²) >= 11 is 1.38. The summed E-state index contributed by atoms with van der Waals surface area (Å²) in [6.07, 6.45) is 1.09. The van der Waals surface area contributed by atoms with Crippen LogP contribution < -0.4 is 10.6 Å². The first-order valence-corrected chi connectivity index (χ1v) is 9.59. The Hall–Kier alpha value is -1.79. The number of hydrogen-bond acceptors (Lipinski definition) is 5. The van der Waals surface area contributed by atoms with Crippen molar-refractivity contribution in [2.45, 2.75) is 47.1 Å². The highest BCUT2D eigenvalue weighted by Gasteiger charge is 2.17. The van der Waals surface area contributed by atoms with Gasteiger partial charge in [-0.1, -0.05) is 63.3 Å².